The van der Waals surface area contributed by atoms with Crippen molar-refractivity contribution in [1.82, 2.24) is 15.0 Å². The third-order valence-electron chi connectivity index (χ3n) is 2.19. The second kappa shape index (κ2) is 8.42. The van der Waals surface area contributed by atoms with Crippen LogP contribution in [0.5, 0.6) is 0 Å². The summed E-state index contributed by atoms with van der Waals surface area (Å²) in [6.45, 7) is 2.61. The Morgan fingerprint density at radius 3 is 2.11 bits per heavy atom. The van der Waals surface area contributed by atoms with Crippen molar-refractivity contribution < 1.29 is 9.47 Å². The summed E-state index contributed by atoms with van der Waals surface area (Å²) >= 11 is 11.5. The topological polar surface area (TPSA) is 60.4 Å². The summed E-state index contributed by atoms with van der Waals surface area (Å²) in [5.74, 6) is 0.452. The van der Waals surface area contributed by atoms with E-state index in [1.807, 2.05) is 4.90 Å². The van der Waals surface area contributed by atoms with Gasteiger partial charge in [-0.15, -0.1) is 0 Å². The number of ether oxygens (including phenoxy) is 2. The highest BCUT2D eigenvalue weighted by atomic mass is 35.5. The van der Waals surface area contributed by atoms with Gasteiger partial charge in [0.25, 0.3) is 0 Å². The van der Waals surface area contributed by atoms with Gasteiger partial charge in [0.2, 0.25) is 16.5 Å². The van der Waals surface area contributed by atoms with E-state index in [0.29, 0.717) is 25.7 Å². The first kappa shape index (κ1) is 15.4. The molecule has 1 aromatic rings. The summed E-state index contributed by atoms with van der Waals surface area (Å²) in [5, 5.41) is 0.165. The molecule has 0 unspecified atom stereocenters. The van der Waals surface area contributed by atoms with Crippen molar-refractivity contribution in [1.29, 1.82) is 0 Å². The largest absolute Gasteiger partial charge is 0.385 e. The molecule has 0 saturated heterocycles. The van der Waals surface area contributed by atoms with E-state index in [1.165, 1.54) is 0 Å². The highest BCUT2D eigenvalue weighted by Gasteiger charge is 2.12. The van der Waals surface area contributed by atoms with Crippen LogP contribution in [0.25, 0.3) is 0 Å². The minimum atomic E-state index is 0.0826. The molecule has 0 amide bonds. The first-order valence-electron chi connectivity index (χ1n) is 5.47. The SMILES string of the molecule is COCCCN(CCOC)c1nc(Cl)nc(Cl)n1. The lowest BCUT2D eigenvalue weighted by molar-refractivity contribution is 0.190. The lowest BCUT2D eigenvalue weighted by atomic mass is 10.4. The molecule has 6 nitrogen and oxygen atoms in total. The zero-order chi connectivity index (χ0) is 13.4. The number of anilines is 1. The minimum absolute atomic E-state index is 0.0826. The molecule has 1 heterocycles. The van der Waals surface area contributed by atoms with Crippen LogP contribution in [-0.4, -0.2) is 55.5 Å². The fourth-order valence-corrected chi connectivity index (χ4v) is 1.73. The molecule has 1 rings (SSSR count). The predicted octanol–water partition coefficient (Wildman–Crippen LogP) is 1.67. The molecule has 0 N–H and O–H groups in total. The zero-order valence-electron chi connectivity index (χ0n) is 10.4. The van der Waals surface area contributed by atoms with E-state index in [-0.39, 0.29) is 10.6 Å². The van der Waals surface area contributed by atoms with Crippen LogP contribution in [0.15, 0.2) is 0 Å². The molecule has 8 heteroatoms. The van der Waals surface area contributed by atoms with E-state index < -0.39 is 0 Å². The molecule has 0 radical (unpaired) electrons. The molecule has 0 spiro atoms. The number of methoxy groups -OCH3 is 2. The lowest BCUT2D eigenvalue weighted by Gasteiger charge is -2.22. The summed E-state index contributed by atoms with van der Waals surface area (Å²) in [7, 11) is 3.30. The van der Waals surface area contributed by atoms with Crippen molar-refractivity contribution in [2.24, 2.45) is 0 Å². The number of aromatic nitrogens is 3. The lowest BCUT2D eigenvalue weighted by Crippen LogP contribution is -2.30. The van der Waals surface area contributed by atoms with Gasteiger partial charge >= 0.3 is 0 Å². The number of hydrogen-bond donors (Lipinski definition) is 0. The Labute approximate surface area is 116 Å². The van der Waals surface area contributed by atoms with E-state index in [9.17, 15) is 0 Å². The highest BCUT2D eigenvalue weighted by molar-refractivity contribution is 6.31. The Morgan fingerprint density at radius 2 is 1.56 bits per heavy atom. The maximum absolute atomic E-state index is 5.76. The average Bonchev–Trinajstić information content (AvgIpc) is 2.32. The molecular weight excluding hydrogens is 279 g/mol. The quantitative estimate of drug-likeness (QED) is 0.680. The second-order valence-corrected chi connectivity index (χ2v) is 4.18. The second-order valence-electron chi connectivity index (χ2n) is 3.50. The van der Waals surface area contributed by atoms with Gasteiger partial charge in [0, 0.05) is 33.9 Å². The van der Waals surface area contributed by atoms with Crippen LogP contribution in [0.2, 0.25) is 10.6 Å². The predicted molar refractivity (Wildman–Crippen MR) is 70.4 cm³/mol. The molecule has 0 bridgehead atoms. The molecule has 0 atom stereocenters. The Kier molecular flexibility index (Phi) is 7.19. The molecule has 0 aliphatic rings. The average molecular weight is 295 g/mol. The van der Waals surface area contributed by atoms with Crippen molar-refractivity contribution in [3.05, 3.63) is 10.6 Å². The molecular formula is C10H16Cl2N4O2. The van der Waals surface area contributed by atoms with E-state index in [4.69, 9.17) is 32.7 Å². The van der Waals surface area contributed by atoms with Gasteiger partial charge in [-0.1, -0.05) is 0 Å². The third kappa shape index (κ3) is 5.30. The van der Waals surface area contributed by atoms with Gasteiger partial charge in [-0.2, -0.15) is 15.0 Å². The summed E-state index contributed by atoms with van der Waals surface area (Å²) in [4.78, 5) is 13.8. The Morgan fingerprint density at radius 1 is 0.944 bits per heavy atom. The van der Waals surface area contributed by atoms with Crippen molar-refractivity contribution >= 4 is 29.2 Å². The van der Waals surface area contributed by atoms with Crippen molar-refractivity contribution in [3.63, 3.8) is 0 Å². The number of hydrogen-bond acceptors (Lipinski definition) is 6. The molecule has 18 heavy (non-hydrogen) atoms. The summed E-state index contributed by atoms with van der Waals surface area (Å²) < 4.78 is 10.1. The minimum Gasteiger partial charge on any atom is -0.385 e. The molecule has 0 fully saturated rings. The van der Waals surface area contributed by atoms with Gasteiger partial charge in [0.1, 0.15) is 0 Å². The normalized spacial score (nSPS) is 10.7. The van der Waals surface area contributed by atoms with Gasteiger partial charge in [0.05, 0.1) is 6.61 Å². The van der Waals surface area contributed by atoms with Gasteiger partial charge in [-0.25, -0.2) is 0 Å². The van der Waals surface area contributed by atoms with Crippen molar-refractivity contribution in [2.75, 3.05) is 45.4 Å². The monoisotopic (exact) mass is 294 g/mol. The third-order valence-corrected chi connectivity index (χ3v) is 2.53. The maximum Gasteiger partial charge on any atom is 0.231 e. The smallest absolute Gasteiger partial charge is 0.231 e. The Balaban J connectivity index is 2.72. The summed E-state index contributed by atoms with van der Waals surface area (Å²) in [5.41, 5.74) is 0. The van der Waals surface area contributed by atoms with Gasteiger partial charge in [-0.05, 0) is 29.6 Å². The molecule has 102 valence electrons. The molecule has 0 aliphatic heterocycles. The van der Waals surface area contributed by atoms with E-state index in [2.05, 4.69) is 15.0 Å². The number of rotatable bonds is 8. The van der Waals surface area contributed by atoms with Crippen molar-refractivity contribution in [2.45, 2.75) is 6.42 Å². The van der Waals surface area contributed by atoms with E-state index >= 15 is 0 Å². The summed E-state index contributed by atoms with van der Waals surface area (Å²) in [6, 6.07) is 0. The van der Waals surface area contributed by atoms with Crippen LogP contribution in [0.4, 0.5) is 5.95 Å². The van der Waals surface area contributed by atoms with Gasteiger partial charge in [0.15, 0.2) is 0 Å². The van der Waals surface area contributed by atoms with E-state index in [0.717, 1.165) is 13.0 Å². The first-order chi connectivity index (χ1) is 8.67. The molecule has 1 aromatic heterocycles. The molecule has 0 aliphatic carbocycles. The van der Waals surface area contributed by atoms with Gasteiger partial charge in [-0.3, -0.25) is 0 Å². The molecule has 0 saturated carbocycles. The fourth-order valence-electron chi connectivity index (χ4n) is 1.37. The number of nitrogens with zero attached hydrogens (tertiary/aromatic N) is 4. The van der Waals surface area contributed by atoms with Crippen molar-refractivity contribution in [3.8, 4) is 0 Å². The number of halogens is 2. The van der Waals surface area contributed by atoms with Crippen LogP contribution in [0.3, 0.4) is 0 Å². The van der Waals surface area contributed by atoms with Gasteiger partial charge < -0.3 is 14.4 Å². The Hall–Kier alpha value is -0.690. The zero-order valence-corrected chi connectivity index (χ0v) is 11.9. The van der Waals surface area contributed by atoms with Crippen LogP contribution in [0, 0.1) is 0 Å². The van der Waals surface area contributed by atoms with Crippen LogP contribution in [-0.2, 0) is 9.47 Å². The maximum atomic E-state index is 5.76. The fraction of sp³-hybridized carbons (Fsp3) is 0.700. The van der Waals surface area contributed by atoms with E-state index in [1.54, 1.807) is 14.2 Å². The van der Waals surface area contributed by atoms with Crippen LogP contribution < -0.4 is 4.90 Å². The molecule has 0 aromatic carbocycles. The Bertz CT molecular complexity index is 347. The van der Waals surface area contributed by atoms with Crippen LogP contribution >= 0.6 is 23.2 Å². The highest BCUT2D eigenvalue weighted by Crippen LogP contribution is 2.14. The summed E-state index contributed by atoms with van der Waals surface area (Å²) in [6.07, 6.45) is 0.848. The standard InChI is InChI=1S/C10H16Cl2N4O2/c1-17-6-3-4-16(5-7-18-2)10-14-8(11)13-9(12)15-10/h3-7H2,1-2H3. The van der Waals surface area contributed by atoms with Crippen LogP contribution in [0.1, 0.15) is 6.42 Å². The first-order valence-corrected chi connectivity index (χ1v) is 6.23.